The summed E-state index contributed by atoms with van der Waals surface area (Å²) in [5.74, 6) is -0.0661. The van der Waals surface area contributed by atoms with E-state index in [1.807, 2.05) is 44.2 Å². The fourth-order valence-electron chi connectivity index (χ4n) is 3.24. The molecule has 1 aliphatic heterocycles. The number of hydrogen-bond donors (Lipinski definition) is 0. The lowest BCUT2D eigenvalue weighted by Gasteiger charge is -2.49. The van der Waals surface area contributed by atoms with Crippen LogP contribution in [-0.4, -0.2) is 41.4 Å². The zero-order chi connectivity index (χ0) is 14.7. The van der Waals surface area contributed by atoms with Gasteiger partial charge in [-0.2, -0.15) is 0 Å². The zero-order valence-corrected chi connectivity index (χ0v) is 12.4. The minimum Gasteiger partial charge on any atom is -0.322 e. The minimum atomic E-state index is -0.861. The van der Waals surface area contributed by atoms with Crippen LogP contribution >= 0.6 is 0 Å². The maximum atomic E-state index is 12.7. The summed E-state index contributed by atoms with van der Waals surface area (Å²) in [6.07, 6.45) is 0.624. The largest absolute Gasteiger partial charge is 0.322 e. The second kappa shape index (κ2) is 3.84. The van der Waals surface area contributed by atoms with Crippen LogP contribution in [0.25, 0.3) is 0 Å². The first-order valence-electron chi connectivity index (χ1n) is 6.95. The highest BCUT2D eigenvalue weighted by atomic mass is 16.2. The summed E-state index contributed by atoms with van der Waals surface area (Å²) in [6, 6.07) is 9.86. The average Bonchev–Trinajstić information content (AvgIpc) is 3.20. The van der Waals surface area contributed by atoms with Gasteiger partial charge in [-0.25, -0.2) is 0 Å². The molecule has 106 valence electrons. The molecule has 2 aliphatic rings. The molecule has 1 saturated heterocycles. The fourth-order valence-corrected chi connectivity index (χ4v) is 3.24. The van der Waals surface area contributed by atoms with Gasteiger partial charge in [0.15, 0.2) is 0 Å². The molecule has 2 fully saturated rings. The maximum Gasteiger partial charge on any atom is 0.240 e. The van der Waals surface area contributed by atoms with Crippen molar-refractivity contribution >= 4 is 11.8 Å². The van der Waals surface area contributed by atoms with Crippen LogP contribution in [0.15, 0.2) is 30.3 Å². The molecule has 0 N–H and O–H groups in total. The van der Waals surface area contributed by atoms with E-state index in [1.165, 1.54) is 0 Å². The summed E-state index contributed by atoms with van der Waals surface area (Å²) < 4.78 is 0. The Bertz CT molecular complexity index is 555. The Labute approximate surface area is 119 Å². The first-order chi connectivity index (χ1) is 9.33. The highest BCUT2D eigenvalue weighted by Crippen LogP contribution is 2.63. The van der Waals surface area contributed by atoms with E-state index >= 15 is 0 Å². The number of nitrogens with zero attached hydrogens (tertiary/aromatic N) is 2. The molecule has 1 atom stereocenters. The Kier molecular flexibility index (Phi) is 2.53. The fraction of sp³-hybridized carbons (Fsp3) is 0.500. The van der Waals surface area contributed by atoms with Crippen LogP contribution < -0.4 is 0 Å². The number of benzene rings is 1. The van der Waals surface area contributed by atoms with Gasteiger partial charge in [-0.3, -0.25) is 9.59 Å². The van der Waals surface area contributed by atoms with E-state index in [4.69, 9.17) is 0 Å². The van der Waals surface area contributed by atoms with Crippen LogP contribution in [0.4, 0.5) is 0 Å². The Hall–Kier alpha value is -1.84. The molecular weight excluding hydrogens is 252 g/mol. The monoisotopic (exact) mass is 272 g/mol. The molecule has 1 aromatic rings. The third-order valence-corrected chi connectivity index (χ3v) is 5.18. The Morgan fingerprint density at radius 3 is 2.00 bits per heavy atom. The Balaban J connectivity index is 2.00. The lowest BCUT2D eigenvalue weighted by molar-refractivity contribution is -0.173. The first-order valence-corrected chi connectivity index (χ1v) is 6.95. The molecule has 1 saturated carbocycles. The molecule has 3 rings (SSSR count). The van der Waals surface area contributed by atoms with Gasteiger partial charge >= 0.3 is 0 Å². The SMILES string of the molecule is CN1C(=O)C2(CC2c2ccccc2)C(=O)N(C)C1(C)C. The summed E-state index contributed by atoms with van der Waals surface area (Å²) in [7, 11) is 3.57. The van der Waals surface area contributed by atoms with Gasteiger partial charge in [0.25, 0.3) is 0 Å². The smallest absolute Gasteiger partial charge is 0.240 e. The summed E-state index contributed by atoms with van der Waals surface area (Å²) in [4.78, 5) is 28.9. The van der Waals surface area contributed by atoms with Crippen molar-refractivity contribution in [2.75, 3.05) is 14.1 Å². The molecule has 4 nitrogen and oxygen atoms in total. The van der Waals surface area contributed by atoms with Gasteiger partial charge in [0.1, 0.15) is 11.1 Å². The molecular formula is C16H20N2O2. The summed E-state index contributed by atoms with van der Waals surface area (Å²) >= 11 is 0. The Morgan fingerprint density at radius 1 is 1.00 bits per heavy atom. The molecule has 20 heavy (non-hydrogen) atoms. The molecule has 1 spiro atoms. The van der Waals surface area contributed by atoms with Crippen LogP contribution in [0.2, 0.25) is 0 Å². The van der Waals surface area contributed by atoms with Gasteiger partial charge < -0.3 is 9.80 Å². The van der Waals surface area contributed by atoms with E-state index < -0.39 is 11.1 Å². The summed E-state index contributed by atoms with van der Waals surface area (Å²) in [5, 5.41) is 0. The molecule has 2 amide bonds. The zero-order valence-electron chi connectivity index (χ0n) is 12.4. The summed E-state index contributed by atoms with van der Waals surface area (Å²) in [6.45, 7) is 3.80. The van der Waals surface area contributed by atoms with Gasteiger partial charge in [-0.05, 0) is 25.8 Å². The van der Waals surface area contributed by atoms with Crippen LogP contribution in [-0.2, 0) is 9.59 Å². The third kappa shape index (κ3) is 1.42. The van der Waals surface area contributed by atoms with Crippen molar-refractivity contribution in [3.05, 3.63) is 35.9 Å². The molecule has 1 aromatic carbocycles. The van der Waals surface area contributed by atoms with E-state index in [2.05, 4.69) is 0 Å². The van der Waals surface area contributed by atoms with E-state index in [0.717, 1.165) is 5.56 Å². The highest BCUT2D eigenvalue weighted by Gasteiger charge is 2.71. The first kappa shape index (κ1) is 13.2. The van der Waals surface area contributed by atoms with Crippen molar-refractivity contribution in [3.63, 3.8) is 0 Å². The molecule has 0 aromatic heterocycles. The van der Waals surface area contributed by atoms with Crippen molar-refractivity contribution in [1.82, 2.24) is 9.80 Å². The van der Waals surface area contributed by atoms with Crippen molar-refractivity contribution in [3.8, 4) is 0 Å². The standard InChI is InChI=1S/C16H20N2O2/c1-15(2)17(3)13(19)16(14(20)18(15)4)10-12(16)11-8-6-5-7-9-11/h5-9,12H,10H2,1-4H3. The van der Waals surface area contributed by atoms with Crippen molar-refractivity contribution in [2.24, 2.45) is 5.41 Å². The van der Waals surface area contributed by atoms with Gasteiger partial charge in [-0.15, -0.1) is 0 Å². The second-order valence-electron chi connectivity index (χ2n) is 6.36. The predicted octanol–water partition coefficient (Wildman–Crippen LogP) is 1.83. The maximum absolute atomic E-state index is 12.7. The van der Waals surface area contributed by atoms with Crippen molar-refractivity contribution in [2.45, 2.75) is 31.8 Å². The topological polar surface area (TPSA) is 40.6 Å². The molecule has 1 unspecified atom stereocenters. The number of amides is 2. The van der Waals surface area contributed by atoms with Crippen LogP contribution in [0, 0.1) is 5.41 Å². The van der Waals surface area contributed by atoms with Gasteiger partial charge in [0.05, 0.1) is 0 Å². The van der Waals surface area contributed by atoms with E-state index in [-0.39, 0.29) is 17.7 Å². The lowest BCUT2D eigenvalue weighted by Crippen LogP contribution is -2.67. The number of hydrogen-bond acceptors (Lipinski definition) is 2. The van der Waals surface area contributed by atoms with E-state index in [1.54, 1.807) is 23.9 Å². The lowest BCUT2D eigenvalue weighted by atomic mass is 9.90. The number of carbonyl (C=O) groups is 2. The second-order valence-corrected chi connectivity index (χ2v) is 6.36. The van der Waals surface area contributed by atoms with E-state index in [9.17, 15) is 9.59 Å². The minimum absolute atomic E-state index is 0.0182. The molecule has 0 bridgehead atoms. The van der Waals surface area contributed by atoms with Crippen LogP contribution in [0.3, 0.4) is 0 Å². The molecule has 1 aliphatic carbocycles. The van der Waals surface area contributed by atoms with Gasteiger partial charge in [0, 0.05) is 20.0 Å². The van der Waals surface area contributed by atoms with Gasteiger partial charge in [0.2, 0.25) is 11.8 Å². The van der Waals surface area contributed by atoms with E-state index in [0.29, 0.717) is 6.42 Å². The molecule has 0 radical (unpaired) electrons. The Morgan fingerprint density at radius 2 is 1.50 bits per heavy atom. The highest BCUT2D eigenvalue weighted by molar-refractivity contribution is 6.11. The van der Waals surface area contributed by atoms with Gasteiger partial charge in [-0.1, -0.05) is 30.3 Å². The normalized spacial score (nSPS) is 27.1. The number of rotatable bonds is 1. The molecule has 4 heteroatoms. The average molecular weight is 272 g/mol. The summed E-state index contributed by atoms with van der Waals surface area (Å²) in [5.41, 5.74) is -0.348. The quantitative estimate of drug-likeness (QED) is 0.732. The predicted molar refractivity (Wildman–Crippen MR) is 75.9 cm³/mol. The van der Waals surface area contributed by atoms with Crippen molar-refractivity contribution < 1.29 is 9.59 Å². The van der Waals surface area contributed by atoms with Crippen LogP contribution in [0.1, 0.15) is 31.7 Å². The van der Waals surface area contributed by atoms with Crippen LogP contribution in [0.5, 0.6) is 0 Å². The van der Waals surface area contributed by atoms with Crippen molar-refractivity contribution in [1.29, 1.82) is 0 Å². The molecule has 1 heterocycles. The third-order valence-electron chi connectivity index (χ3n) is 5.18. The number of carbonyl (C=O) groups excluding carboxylic acids is 2.